The van der Waals surface area contributed by atoms with Gasteiger partial charge in [-0.25, -0.2) is 4.98 Å². The van der Waals surface area contributed by atoms with Crippen molar-refractivity contribution in [2.24, 2.45) is 5.73 Å². The molecule has 1 amide bonds. The summed E-state index contributed by atoms with van der Waals surface area (Å²) in [6, 6.07) is 2.04. The van der Waals surface area contributed by atoms with Crippen LogP contribution in [-0.4, -0.2) is 38.3 Å². The summed E-state index contributed by atoms with van der Waals surface area (Å²) in [5.41, 5.74) is 8.04. The van der Waals surface area contributed by atoms with Gasteiger partial charge in [0, 0.05) is 38.1 Å². The number of carbonyl (C=O) groups is 1. The maximum Gasteiger partial charge on any atom is 0.271 e. The van der Waals surface area contributed by atoms with Crippen LogP contribution >= 0.6 is 0 Å². The maximum atomic E-state index is 11.9. The molecule has 0 saturated carbocycles. The van der Waals surface area contributed by atoms with Crippen LogP contribution in [0.1, 0.15) is 28.3 Å². The summed E-state index contributed by atoms with van der Waals surface area (Å²) in [5, 5.41) is 7.25. The van der Waals surface area contributed by atoms with Crippen molar-refractivity contribution in [3.8, 4) is 0 Å². The number of nitrogens with zero attached hydrogens (tertiary/aromatic N) is 4. The molecular weight excluding hydrogens is 268 g/mol. The third-order valence-corrected chi connectivity index (χ3v) is 3.19. The number of aromatic nitrogens is 4. The number of amides is 1. The average Bonchev–Trinajstić information content (AvgIpc) is 3.02. The highest BCUT2D eigenvalue weighted by Crippen LogP contribution is 2.02. The summed E-state index contributed by atoms with van der Waals surface area (Å²) in [6.45, 7) is 6.59. The molecule has 0 fully saturated rings. The molecule has 2 aromatic heterocycles. The van der Waals surface area contributed by atoms with Crippen molar-refractivity contribution in [2.75, 3.05) is 13.1 Å². The van der Waals surface area contributed by atoms with Gasteiger partial charge < -0.3 is 15.6 Å². The summed E-state index contributed by atoms with van der Waals surface area (Å²) in [4.78, 5) is 16.0. The zero-order valence-corrected chi connectivity index (χ0v) is 12.5. The van der Waals surface area contributed by atoms with E-state index in [1.807, 2.05) is 29.2 Å². The Balaban J connectivity index is 1.75. The number of carbonyl (C=O) groups excluding carboxylic acids is 1. The molecule has 0 aliphatic rings. The minimum atomic E-state index is -0.154. The summed E-state index contributed by atoms with van der Waals surface area (Å²) < 4.78 is 3.77. The van der Waals surface area contributed by atoms with Gasteiger partial charge in [-0.05, 0) is 26.3 Å². The topological polar surface area (TPSA) is 90.8 Å². The third kappa shape index (κ3) is 4.16. The Kier molecular flexibility index (Phi) is 5.10. The first-order chi connectivity index (χ1) is 10.1. The van der Waals surface area contributed by atoms with E-state index in [9.17, 15) is 4.79 Å². The lowest BCUT2D eigenvalue weighted by Gasteiger charge is -2.05. The molecule has 0 aliphatic heterocycles. The van der Waals surface area contributed by atoms with Gasteiger partial charge in [-0.15, -0.1) is 0 Å². The van der Waals surface area contributed by atoms with Crippen molar-refractivity contribution in [2.45, 2.75) is 33.4 Å². The van der Waals surface area contributed by atoms with Crippen LogP contribution in [0.4, 0.5) is 0 Å². The monoisotopic (exact) mass is 290 g/mol. The number of nitrogens with two attached hydrogens (primary N) is 1. The Morgan fingerprint density at radius 3 is 2.86 bits per heavy atom. The molecule has 0 saturated heterocycles. The van der Waals surface area contributed by atoms with Crippen LogP contribution in [0.5, 0.6) is 0 Å². The van der Waals surface area contributed by atoms with Crippen LogP contribution in [0.15, 0.2) is 18.6 Å². The van der Waals surface area contributed by atoms with Gasteiger partial charge in [-0.3, -0.25) is 9.48 Å². The summed E-state index contributed by atoms with van der Waals surface area (Å²) >= 11 is 0. The minimum absolute atomic E-state index is 0.154. The lowest BCUT2D eigenvalue weighted by atomic mass is 10.3. The predicted octanol–water partition coefficient (Wildman–Crippen LogP) is 0.475. The first-order valence-electron chi connectivity index (χ1n) is 7.11. The van der Waals surface area contributed by atoms with Gasteiger partial charge >= 0.3 is 0 Å². The fourth-order valence-corrected chi connectivity index (χ4v) is 2.17. The van der Waals surface area contributed by atoms with E-state index in [2.05, 4.69) is 15.4 Å². The largest absolute Gasteiger partial charge is 0.351 e. The Labute approximate surface area is 124 Å². The van der Waals surface area contributed by atoms with Gasteiger partial charge in [0.05, 0.1) is 12.0 Å². The molecule has 0 aromatic carbocycles. The molecule has 7 heteroatoms. The molecule has 0 spiro atoms. The lowest BCUT2D eigenvalue weighted by molar-refractivity contribution is 0.0948. The van der Waals surface area contributed by atoms with Crippen molar-refractivity contribution in [1.29, 1.82) is 0 Å². The predicted molar refractivity (Wildman–Crippen MR) is 79.9 cm³/mol. The van der Waals surface area contributed by atoms with Crippen molar-refractivity contribution in [1.82, 2.24) is 24.6 Å². The van der Waals surface area contributed by atoms with E-state index in [0.29, 0.717) is 25.3 Å². The summed E-state index contributed by atoms with van der Waals surface area (Å²) in [5.74, 6) is -0.154. The van der Waals surface area contributed by atoms with Gasteiger partial charge in [0.15, 0.2) is 0 Å². The van der Waals surface area contributed by atoms with Gasteiger partial charge in [0.1, 0.15) is 5.69 Å². The number of aryl methyl sites for hydroxylation is 3. The fraction of sp³-hybridized carbons (Fsp3) is 0.500. The quantitative estimate of drug-likeness (QED) is 0.725. The lowest BCUT2D eigenvalue weighted by Crippen LogP contribution is -2.25. The van der Waals surface area contributed by atoms with Crippen molar-refractivity contribution in [3.63, 3.8) is 0 Å². The summed E-state index contributed by atoms with van der Waals surface area (Å²) in [6.07, 6.45) is 4.16. The molecule has 114 valence electrons. The van der Waals surface area contributed by atoms with Crippen LogP contribution in [0.2, 0.25) is 0 Å². The average molecular weight is 290 g/mol. The van der Waals surface area contributed by atoms with Crippen LogP contribution in [0, 0.1) is 13.8 Å². The van der Waals surface area contributed by atoms with Crippen LogP contribution in [-0.2, 0) is 13.1 Å². The second-order valence-electron chi connectivity index (χ2n) is 5.05. The van der Waals surface area contributed by atoms with Crippen LogP contribution in [0.3, 0.4) is 0 Å². The molecule has 0 bridgehead atoms. The maximum absolute atomic E-state index is 11.9. The standard InChI is InChI=1S/C14H22N6O/c1-11-8-12(2)20(18-11)6-3-5-16-14(21)13-9-19(7-4-15)10-17-13/h8-10H,3-7,15H2,1-2H3,(H,16,21). The smallest absolute Gasteiger partial charge is 0.271 e. The van der Waals surface area contributed by atoms with E-state index in [-0.39, 0.29) is 5.91 Å². The van der Waals surface area contributed by atoms with Gasteiger partial charge in [0.2, 0.25) is 0 Å². The zero-order chi connectivity index (χ0) is 15.2. The van der Waals surface area contributed by atoms with E-state index in [0.717, 1.165) is 24.4 Å². The Bertz CT molecular complexity index is 600. The second-order valence-corrected chi connectivity index (χ2v) is 5.05. The molecule has 2 rings (SSSR count). The van der Waals surface area contributed by atoms with Gasteiger partial charge in [-0.1, -0.05) is 0 Å². The Hall–Kier alpha value is -2.15. The third-order valence-electron chi connectivity index (χ3n) is 3.19. The van der Waals surface area contributed by atoms with Gasteiger partial charge in [-0.2, -0.15) is 5.10 Å². The molecule has 7 nitrogen and oxygen atoms in total. The number of rotatable bonds is 7. The minimum Gasteiger partial charge on any atom is -0.351 e. The van der Waals surface area contributed by atoms with Gasteiger partial charge in [0.25, 0.3) is 5.91 Å². The number of hydrogen-bond donors (Lipinski definition) is 2. The van der Waals surface area contributed by atoms with Crippen LogP contribution < -0.4 is 11.1 Å². The second kappa shape index (κ2) is 7.03. The molecular formula is C14H22N6O. The molecule has 0 atom stereocenters. The zero-order valence-electron chi connectivity index (χ0n) is 12.5. The van der Waals surface area contributed by atoms with Crippen molar-refractivity contribution >= 4 is 5.91 Å². The van der Waals surface area contributed by atoms with E-state index >= 15 is 0 Å². The van der Waals surface area contributed by atoms with E-state index < -0.39 is 0 Å². The van der Waals surface area contributed by atoms with Crippen molar-refractivity contribution in [3.05, 3.63) is 35.7 Å². The highest BCUT2D eigenvalue weighted by molar-refractivity contribution is 5.91. The molecule has 2 aromatic rings. The Morgan fingerprint density at radius 2 is 2.19 bits per heavy atom. The number of nitrogens with one attached hydrogen (secondary N) is 1. The van der Waals surface area contributed by atoms with E-state index in [4.69, 9.17) is 5.73 Å². The first kappa shape index (κ1) is 15.2. The molecule has 3 N–H and O–H groups in total. The van der Waals surface area contributed by atoms with Crippen LogP contribution in [0.25, 0.3) is 0 Å². The Morgan fingerprint density at radius 1 is 1.38 bits per heavy atom. The van der Waals surface area contributed by atoms with E-state index in [1.165, 1.54) is 0 Å². The number of imidazole rings is 1. The van der Waals surface area contributed by atoms with E-state index in [1.54, 1.807) is 12.5 Å². The molecule has 2 heterocycles. The fourth-order valence-electron chi connectivity index (χ4n) is 2.17. The first-order valence-corrected chi connectivity index (χ1v) is 7.11. The SMILES string of the molecule is Cc1cc(C)n(CCCNC(=O)c2cn(CCN)cn2)n1. The highest BCUT2D eigenvalue weighted by Gasteiger charge is 2.08. The summed E-state index contributed by atoms with van der Waals surface area (Å²) in [7, 11) is 0. The molecule has 0 unspecified atom stereocenters. The number of hydrogen-bond acceptors (Lipinski definition) is 4. The molecule has 0 radical (unpaired) electrons. The molecule has 21 heavy (non-hydrogen) atoms. The normalized spacial score (nSPS) is 10.8. The van der Waals surface area contributed by atoms with Crippen molar-refractivity contribution < 1.29 is 4.79 Å². The molecule has 0 aliphatic carbocycles. The highest BCUT2D eigenvalue weighted by atomic mass is 16.1.